The van der Waals surface area contributed by atoms with Gasteiger partial charge in [-0.2, -0.15) is 18.2 Å². The van der Waals surface area contributed by atoms with Crippen molar-refractivity contribution in [3.63, 3.8) is 0 Å². The maximum atomic E-state index is 12.8. The standard InChI is InChI=1S/C19H26F3N5O/c1-12-15(9-10-16(28)23-11-5-8-14-6-3-4-7-14)13(2)27-18(24-12)25-17(26-27)19(20,21)22/h14H,3-11H2,1-2H3,(H,23,28). The van der Waals surface area contributed by atoms with Gasteiger partial charge >= 0.3 is 6.18 Å². The van der Waals surface area contributed by atoms with E-state index in [0.29, 0.717) is 24.4 Å². The average Bonchev–Trinajstić information content (AvgIpc) is 3.27. The summed E-state index contributed by atoms with van der Waals surface area (Å²) >= 11 is 0. The molecule has 0 unspecified atom stereocenters. The molecule has 1 amide bonds. The van der Waals surface area contributed by atoms with Gasteiger partial charge in [0, 0.05) is 24.4 Å². The molecule has 9 heteroatoms. The number of carbonyl (C=O) groups is 1. The Morgan fingerprint density at radius 2 is 1.93 bits per heavy atom. The zero-order valence-electron chi connectivity index (χ0n) is 16.3. The van der Waals surface area contributed by atoms with Gasteiger partial charge in [0.1, 0.15) is 0 Å². The molecule has 3 rings (SSSR count). The number of nitrogens with zero attached hydrogens (tertiary/aromatic N) is 4. The first-order chi connectivity index (χ1) is 13.3. The summed E-state index contributed by atoms with van der Waals surface area (Å²) in [5, 5.41) is 6.46. The minimum absolute atomic E-state index is 0.0557. The van der Waals surface area contributed by atoms with Crippen molar-refractivity contribution >= 4 is 11.7 Å². The van der Waals surface area contributed by atoms with Crippen LogP contribution in [-0.4, -0.2) is 32.0 Å². The molecule has 1 aliphatic rings. The zero-order chi connectivity index (χ0) is 20.3. The number of rotatable bonds is 7. The molecule has 0 bridgehead atoms. The van der Waals surface area contributed by atoms with Gasteiger partial charge in [0.25, 0.3) is 11.6 Å². The van der Waals surface area contributed by atoms with Crippen molar-refractivity contribution in [2.24, 2.45) is 5.92 Å². The highest BCUT2D eigenvalue weighted by Gasteiger charge is 2.36. The topological polar surface area (TPSA) is 72.2 Å². The molecular formula is C19H26F3N5O. The maximum Gasteiger partial charge on any atom is 0.453 e. The first kappa shape index (κ1) is 20.5. The van der Waals surface area contributed by atoms with Crippen molar-refractivity contribution in [1.82, 2.24) is 24.9 Å². The Morgan fingerprint density at radius 1 is 1.21 bits per heavy atom. The second-order valence-corrected chi connectivity index (χ2v) is 7.55. The molecule has 2 aromatic rings. The van der Waals surface area contributed by atoms with Crippen molar-refractivity contribution in [2.75, 3.05) is 6.54 Å². The van der Waals surface area contributed by atoms with Crippen LogP contribution in [0.25, 0.3) is 5.78 Å². The van der Waals surface area contributed by atoms with Crippen molar-refractivity contribution in [3.05, 3.63) is 22.8 Å². The summed E-state index contributed by atoms with van der Waals surface area (Å²) in [7, 11) is 0. The molecule has 0 aromatic carbocycles. The number of nitrogens with one attached hydrogen (secondary N) is 1. The van der Waals surface area contributed by atoms with Crippen molar-refractivity contribution < 1.29 is 18.0 Å². The van der Waals surface area contributed by atoms with Gasteiger partial charge in [-0.3, -0.25) is 4.79 Å². The molecule has 1 saturated carbocycles. The smallest absolute Gasteiger partial charge is 0.356 e. The third-order valence-electron chi connectivity index (χ3n) is 5.49. The lowest BCUT2D eigenvalue weighted by Gasteiger charge is -2.11. The van der Waals surface area contributed by atoms with E-state index in [4.69, 9.17) is 0 Å². The summed E-state index contributed by atoms with van der Waals surface area (Å²) in [4.78, 5) is 19.7. The summed E-state index contributed by atoms with van der Waals surface area (Å²) in [5.74, 6) is -0.536. The number of fused-ring (bicyclic) bond motifs is 1. The van der Waals surface area contributed by atoms with Gasteiger partial charge < -0.3 is 5.32 Å². The predicted molar refractivity (Wildman–Crippen MR) is 97.8 cm³/mol. The van der Waals surface area contributed by atoms with Crippen LogP contribution in [0.3, 0.4) is 0 Å². The fourth-order valence-electron chi connectivity index (χ4n) is 3.93. The molecule has 1 aliphatic carbocycles. The fraction of sp³-hybridized carbons (Fsp3) is 0.684. The highest BCUT2D eigenvalue weighted by atomic mass is 19.4. The summed E-state index contributed by atoms with van der Waals surface area (Å²) in [6.07, 6.45) is 3.45. The summed E-state index contributed by atoms with van der Waals surface area (Å²) in [6.45, 7) is 4.05. The van der Waals surface area contributed by atoms with Gasteiger partial charge in [0.15, 0.2) is 0 Å². The predicted octanol–water partition coefficient (Wildman–Crippen LogP) is 3.78. The van der Waals surface area contributed by atoms with Crippen LogP contribution in [0, 0.1) is 19.8 Å². The van der Waals surface area contributed by atoms with Crippen LogP contribution >= 0.6 is 0 Å². The number of aryl methyl sites for hydroxylation is 2. The van der Waals surface area contributed by atoms with Crippen LogP contribution in [0.1, 0.15) is 67.7 Å². The molecule has 0 atom stereocenters. The number of alkyl halides is 3. The first-order valence-corrected chi connectivity index (χ1v) is 9.82. The van der Waals surface area contributed by atoms with E-state index in [2.05, 4.69) is 20.4 Å². The Labute approximate surface area is 161 Å². The number of aromatic nitrogens is 4. The van der Waals surface area contributed by atoms with Gasteiger partial charge in [0.2, 0.25) is 5.91 Å². The monoisotopic (exact) mass is 397 g/mol. The molecule has 6 nitrogen and oxygen atoms in total. The van der Waals surface area contributed by atoms with Gasteiger partial charge in [-0.15, -0.1) is 5.10 Å². The van der Waals surface area contributed by atoms with Crippen molar-refractivity contribution in [3.8, 4) is 0 Å². The SMILES string of the molecule is Cc1nc2nc(C(F)(F)F)nn2c(C)c1CCC(=O)NCCCC1CCCC1. The molecule has 2 aromatic heterocycles. The van der Waals surface area contributed by atoms with Crippen LogP contribution in [0.15, 0.2) is 0 Å². The van der Waals surface area contributed by atoms with E-state index in [0.717, 1.165) is 28.8 Å². The van der Waals surface area contributed by atoms with Crippen LogP contribution < -0.4 is 5.32 Å². The van der Waals surface area contributed by atoms with E-state index in [1.165, 1.54) is 25.7 Å². The second-order valence-electron chi connectivity index (χ2n) is 7.55. The molecule has 2 heterocycles. The quantitative estimate of drug-likeness (QED) is 0.722. The van der Waals surface area contributed by atoms with Crippen LogP contribution in [0.4, 0.5) is 13.2 Å². The van der Waals surface area contributed by atoms with Crippen LogP contribution in [0.5, 0.6) is 0 Å². The summed E-state index contributed by atoms with van der Waals surface area (Å²) in [6, 6.07) is 0. The van der Waals surface area contributed by atoms with Gasteiger partial charge in [-0.1, -0.05) is 25.7 Å². The van der Waals surface area contributed by atoms with Crippen molar-refractivity contribution in [1.29, 1.82) is 0 Å². The molecule has 1 N–H and O–H groups in total. The number of halogens is 3. The number of carbonyl (C=O) groups excluding carboxylic acids is 1. The van der Waals surface area contributed by atoms with Gasteiger partial charge in [-0.25, -0.2) is 9.50 Å². The number of amides is 1. The van der Waals surface area contributed by atoms with Gasteiger partial charge in [0.05, 0.1) is 0 Å². The number of hydrogen-bond acceptors (Lipinski definition) is 4. The molecular weight excluding hydrogens is 371 g/mol. The Bertz CT molecular complexity index is 840. The Hall–Kier alpha value is -2.19. The minimum Gasteiger partial charge on any atom is -0.356 e. The molecule has 0 radical (unpaired) electrons. The Morgan fingerprint density at radius 3 is 2.61 bits per heavy atom. The third kappa shape index (κ3) is 4.80. The van der Waals surface area contributed by atoms with E-state index in [9.17, 15) is 18.0 Å². The van der Waals surface area contributed by atoms with E-state index in [-0.39, 0.29) is 18.1 Å². The molecule has 0 saturated heterocycles. The molecule has 1 fully saturated rings. The molecule has 28 heavy (non-hydrogen) atoms. The minimum atomic E-state index is -4.62. The van der Waals surface area contributed by atoms with Gasteiger partial charge in [-0.05, 0) is 44.6 Å². The third-order valence-corrected chi connectivity index (χ3v) is 5.49. The zero-order valence-corrected chi connectivity index (χ0v) is 16.3. The molecule has 0 spiro atoms. The van der Waals surface area contributed by atoms with E-state index in [1.807, 2.05) is 0 Å². The normalized spacial score (nSPS) is 15.5. The van der Waals surface area contributed by atoms with Crippen molar-refractivity contribution in [2.45, 2.75) is 71.4 Å². The number of hydrogen-bond donors (Lipinski definition) is 1. The maximum absolute atomic E-state index is 12.8. The van der Waals surface area contributed by atoms with Crippen LogP contribution in [-0.2, 0) is 17.4 Å². The Balaban J connectivity index is 1.56. The lowest BCUT2D eigenvalue weighted by Crippen LogP contribution is -2.25. The van der Waals surface area contributed by atoms with E-state index < -0.39 is 12.0 Å². The molecule has 0 aliphatic heterocycles. The Kier molecular flexibility index (Phi) is 6.20. The van der Waals surface area contributed by atoms with E-state index >= 15 is 0 Å². The highest BCUT2D eigenvalue weighted by molar-refractivity contribution is 5.76. The second kappa shape index (κ2) is 8.45. The largest absolute Gasteiger partial charge is 0.453 e. The lowest BCUT2D eigenvalue weighted by molar-refractivity contribution is -0.144. The lowest BCUT2D eigenvalue weighted by atomic mass is 10.0. The fourth-order valence-corrected chi connectivity index (χ4v) is 3.93. The average molecular weight is 397 g/mol. The van der Waals surface area contributed by atoms with Crippen LogP contribution in [0.2, 0.25) is 0 Å². The first-order valence-electron chi connectivity index (χ1n) is 9.82. The highest BCUT2D eigenvalue weighted by Crippen LogP contribution is 2.28. The summed E-state index contributed by atoms with van der Waals surface area (Å²) in [5.41, 5.74) is 1.83. The van der Waals surface area contributed by atoms with E-state index in [1.54, 1.807) is 13.8 Å². The molecule has 154 valence electrons. The summed E-state index contributed by atoms with van der Waals surface area (Å²) < 4.78 is 39.6.